The zero-order valence-electron chi connectivity index (χ0n) is 15.9. The van der Waals surface area contributed by atoms with Crippen molar-refractivity contribution >= 4 is 15.9 Å². The quantitative estimate of drug-likeness (QED) is 0.609. The van der Waals surface area contributed by atoms with E-state index in [9.17, 15) is 13.2 Å². The van der Waals surface area contributed by atoms with Gasteiger partial charge in [-0.3, -0.25) is 4.79 Å². The molecular weight excluding hydrogens is 354 g/mol. The van der Waals surface area contributed by atoms with Gasteiger partial charge in [0.15, 0.2) is 6.54 Å². The van der Waals surface area contributed by atoms with Crippen LogP contribution >= 0.6 is 0 Å². The van der Waals surface area contributed by atoms with Crippen LogP contribution in [0.1, 0.15) is 25.3 Å². The molecule has 0 aromatic heterocycles. The third kappa shape index (κ3) is 5.18. The van der Waals surface area contributed by atoms with Crippen LogP contribution in [0, 0.1) is 6.92 Å². The fraction of sp³-hybridized carbons (Fsp3) is 0.611. The number of unbranched alkanes of at least 4 members (excludes halogenated alkanes) is 1. The molecule has 1 heterocycles. The highest BCUT2D eigenvalue weighted by Gasteiger charge is 2.33. The van der Waals surface area contributed by atoms with E-state index in [2.05, 4.69) is 12.2 Å². The van der Waals surface area contributed by atoms with Crippen LogP contribution < -0.4 is 15.0 Å². The van der Waals surface area contributed by atoms with Crippen molar-refractivity contribution in [3.63, 3.8) is 0 Å². The van der Waals surface area contributed by atoms with Crippen molar-refractivity contribution in [2.75, 3.05) is 46.4 Å². The van der Waals surface area contributed by atoms with Crippen LogP contribution in [-0.2, 0) is 14.8 Å². The number of ether oxygens (including phenoxy) is 1. The second kappa shape index (κ2) is 9.34. The maximum atomic E-state index is 13.0. The Morgan fingerprint density at radius 3 is 2.62 bits per heavy atom. The molecule has 1 aliphatic rings. The molecule has 1 aromatic rings. The minimum Gasteiger partial charge on any atom is -0.495 e. The number of carbonyl (C=O) groups is 1. The molecule has 0 radical (unpaired) electrons. The van der Waals surface area contributed by atoms with Crippen LogP contribution in [0.15, 0.2) is 23.1 Å². The Bertz CT molecular complexity index is 713. The molecule has 1 aliphatic heterocycles. The third-order valence-corrected chi connectivity index (χ3v) is 6.55. The largest absolute Gasteiger partial charge is 0.495 e. The predicted molar refractivity (Wildman–Crippen MR) is 100.0 cm³/mol. The lowest BCUT2D eigenvalue weighted by molar-refractivity contribution is -0.895. The lowest BCUT2D eigenvalue weighted by Crippen LogP contribution is -3.15. The molecular formula is C18H30N3O4S+. The number of carbonyl (C=O) groups excluding carboxylic acids is 1. The second-order valence-corrected chi connectivity index (χ2v) is 8.60. The number of methoxy groups -OCH3 is 1. The number of quaternary nitrogens is 1. The van der Waals surface area contributed by atoms with Crippen molar-refractivity contribution in [3.05, 3.63) is 23.8 Å². The van der Waals surface area contributed by atoms with Crippen LogP contribution in [0.3, 0.4) is 0 Å². The van der Waals surface area contributed by atoms with Gasteiger partial charge in [-0.2, -0.15) is 4.31 Å². The zero-order valence-corrected chi connectivity index (χ0v) is 16.7. The van der Waals surface area contributed by atoms with E-state index in [4.69, 9.17) is 4.74 Å². The maximum Gasteiger partial charge on any atom is 0.275 e. The van der Waals surface area contributed by atoms with E-state index in [-0.39, 0.29) is 10.8 Å². The SMILES string of the molecule is CCCCNC(=O)C[NH+]1CCN(S(=O)(=O)c2cc(C)ccc2OC)CC1. The molecule has 26 heavy (non-hydrogen) atoms. The van der Waals surface area contributed by atoms with Gasteiger partial charge in [-0.25, -0.2) is 8.42 Å². The van der Waals surface area contributed by atoms with Crippen molar-refractivity contribution in [2.45, 2.75) is 31.6 Å². The fourth-order valence-electron chi connectivity index (χ4n) is 3.04. The Labute approximate surface area is 156 Å². The van der Waals surface area contributed by atoms with E-state index >= 15 is 0 Å². The molecule has 0 atom stereocenters. The van der Waals surface area contributed by atoms with Crippen molar-refractivity contribution in [3.8, 4) is 5.75 Å². The van der Waals surface area contributed by atoms with Crippen molar-refractivity contribution in [1.29, 1.82) is 0 Å². The van der Waals surface area contributed by atoms with Crippen LogP contribution in [0.5, 0.6) is 5.75 Å². The molecule has 0 unspecified atom stereocenters. The molecule has 2 rings (SSSR count). The lowest BCUT2D eigenvalue weighted by atomic mass is 10.2. The van der Waals surface area contributed by atoms with E-state index < -0.39 is 10.0 Å². The first-order chi connectivity index (χ1) is 12.4. The van der Waals surface area contributed by atoms with E-state index in [1.165, 1.54) is 11.4 Å². The Morgan fingerprint density at radius 2 is 2.00 bits per heavy atom. The van der Waals surface area contributed by atoms with E-state index in [0.717, 1.165) is 23.3 Å². The molecule has 0 aliphatic carbocycles. The van der Waals surface area contributed by atoms with E-state index in [1.54, 1.807) is 12.1 Å². The number of piperazine rings is 1. The molecule has 0 saturated carbocycles. The van der Waals surface area contributed by atoms with Gasteiger partial charge in [-0.15, -0.1) is 0 Å². The average molecular weight is 385 g/mol. The molecule has 7 nitrogen and oxygen atoms in total. The van der Waals surface area contributed by atoms with Gasteiger partial charge >= 0.3 is 0 Å². The molecule has 2 N–H and O–H groups in total. The number of sulfonamides is 1. The summed E-state index contributed by atoms with van der Waals surface area (Å²) in [5, 5.41) is 2.91. The molecule has 0 spiro atoms. The first-order valence-corrected chi connectivity index (χ1v) is 10.6. The molecule has 0 bridgehead atoms. The monoisotopic (exact) mass is 384 g/mol. The van der Waals surface area contributed by atoms with Crippen molar-refractivity contribution in [1.82, 2.24) is 9.62 Å². The summed E-state index contributed by atoms with van der Waals surface area (Å²) in [5.41, 5.74) is 0.873. The van der Waals surface area contributed by atoms with Gasteiger partial charge in [0.1, 0.15) is 10.6 Å². The highest BCUT2D eigenvalue weighted by Crippen LogP contribution is 2.27. The van der Waals surface area contributed by atoms with Gasteiger partial charge in [0.2, 0.25) is 10.0 Å². The van der Waals surface area contributed by atoms with Crippen LogP contribution in [-0.4, -0.2) is 65.0 Å². The minimum absolute atomic E-state index is 0.0325. The normalized spacial score (nSPS) is 16.4. The maximum absolute atomic E-state index is 13.0. The number of rotatable bonds is 8. The van der Waals surface area contributed by atoms with Crippen LogP contribution in [0.4, 0.5) is 0 Å². The third-order valence-electron chi connectivity index (χ3n) is 4.63. The molecule has 8 heteroatoms. The first kappa shape index (κ1) is 20.7. The Balaban J connectivity index is 1.96. The number of benzene rings is 1. The average Bonchev–Trinajstić information content (AvgIpc) is 2.62. The molecule has 1 amide bonds. The van der Waals surface area contributed by atoms with E-state index in [1.807, 2.05) is 13.0 Å². The van der Waals surface area contributed by atoms with Gasteiger partial charge in [0.05, 0.1) is 33.3 Å². The smallest absolute Gasteiger partial charge is 0.275 e. The number of nitrogens with one attached hydrogen (secondary N) is 2. The number of nitrogens with zero attached hydrogens (tertiary/aromatic N) is 1. The summed E-state index contributed by atoms with van der Waals surface area (Å²) in [6.45, 7) is 7.08. The highest BCUT2D eigenvalue weighted by molar-refractivity contribution is 7.89. The van der Waals surface area contributed by atoms with Gasteiger partial charge in [0.25, 0.3) is 5.91 Å². The van der Waals surface area contributed by atoms with Gasteiger partial charge in [0, 0.05) is 6.54 Å². The molecule has 146 valence electrons. The molecule has 1 fully saturated rings. The summed E-state index contributed by atoms with van der Waals surface area (Å²) in [6, 6.07) is 5.16. The number of hydrogen-bond acceptors (Lipinski definition) is 4. The summed E-state index contributed by atoms with van der Waals surface area (Å²) in [5.74, 6) is 0.394. The van der Waals surface area contributed by atoms with Crippen molar-refractivity contribution < 1.29 is 22.8 Å². The van der Waals surface area contributed by atoms with Gasteiger partial charge < -0.3 is 15.0 Å². The predicted octanol–water partition coefficient (Wildman–Crippen LogP) is -0.191. The number of aryl methyl sites for hydroxylation is 1. The summed E-state index contributed by atoms with van der Waals surface area (Å²) in [6.07, 6.45) is 2.03. The summed E-state index contributed by atoms with van der Waals surface area (Å²) < 4.78 is 32.7. The number of amides is 1. The summed E-state index contributed by atoms with van der Waals surface area (Å²) in [7, 11) is -2.13. The van der Waals surface area contributed by atoms with E-state index in [0.29, 0.717) is 45.0 Å². The van der Waals surface area contributed by atoms with Gasteiger partial charge in [-0.1, -0.05) is 19.4 Å². The minimum atomic E-state index is -3.60. The Morgan fingerprint density at radius 1 is 1.31 bits per heavy atom. The number of hydrogen-bond donors (Lipinski definition) is 2. The molecule has 1 saturated heterocycles. The topological polar surface area (TPSA) is 80.2 Å². The van der Waals surface area contributed by atoms with Crippen molar-refractivity contribution in [2.24, 2.45) is 0 Å². The van der Waals surface area contributed by atoms with Gasteiger partial charge in [-0.05, 0) is 31.0 Å². The molecule has 1 aromatic carbocycles. The lowest BCUT2D eigenvalue weighted by Gasteiger charge is -2.31. The fourth-order valence-corrected chi connectivity index (χ4v) is 4.72. The summed E-state index contributed by atoms with van der Waals surface area (Å²) in [4.78, 5) is 13.2. The Hall–Kier alpha value is -1.64. The standard InChI is InChI=1S/C18H29N3O4S/c1-4-5-8-19-18(22)14-20-9-11-21(12-10-20)26(23,24)17-13-15(2)6-7-16(17)25-3/h6-7,13H,4-5,8-12,14H2,1-3H3,(H,19,22)/p+1. The van der Waals surface area contributed by atoms with Crippen LogP contribution in [0.25, 0.3) is 0 Å². The zero-order chi connectivity index (χ0) is 19.2. The first-order valence-electron chi connectivity index (χ1n) is 9.13. The Kier molecular flexibility index (Phi) is 7.43. The highest BCUT2D eigenvalue weighted by atomic mass is 32.2. The summed E-state index contributed by atoms with van der Waals surface area (Å²) >= 11 is 0. The van der Waals surface area contributed by atoms with Crippen LogP contribution in [0.2, 0.25) is 0 Å². The second-order valence-electron chi connectivity index (χ2n) is 6.69.